The molecule has 10 heteroatoms. The quantitative estimate of drug-likeness (QED) is 0.283. The Morgan fingerprint density at radius 3 is 2.72 bits per heavy atom. The van der Waals surface area contributed by atoms with Crippen molar-refractivity contribution in [3.63, 3.8) is 0 Å². The van der Waals surface area contributed by atoms with E-state index in [-0.39, 0.29) is 5.91 Å². The number of carbonyl (C=O) groups excluding carboxylic acids is 1. The summed E-state index contributed by atoms with van der Waals surface area (Å²) in [4.78, 5) is 26.8. The van der Waals surface area contributed by atoms with Crippen LogP contribution in [0.2, 0.25) is 0 Å². The van der Waals surface area contributed by atoms with E-state index in [0.717, 1.165) is 63.0 Å². The Morgan fingerprint density at radius 2 is 2.03 bits per heavy atom. The van der Waals surface area contributed by atoms with Crippen LogP contribution in [0.4, 0.5) is 10.9 Å². The number of aryl methyl sites for hydroxylation is 1. The number of nitrogens with zero attached hydrogens (tertiary/aromatic N) is 5. The number of carbonyl (C=O) groups is 1. The van der Waals surface area contributed by atoms with Gasteiger partial charge in [0.05, 0.1) is 33.9 Å². The fourth-order valence-electron chi connectivity index (χ4n) is 4.36. The maximum atomic E-state index is 11.7. The van der Waals surface area contributed by atoms with Crippen molar-refractivity contribution in [3.8, 4) is 27.5 Å². The maximum Gasteiger partial charge on any atom is 0.223 e. The van der Waals surface area contributed by atoms with E-state index in [1.165, 1.54) is 38.2 Å². The Hall–Kier alpha value is -4.05. The minimum Gasteiger partial charge on any atom is -0.399 e. The summed E-state index contributed by atoms with van der Waals surface area (Å²) in [5.41, 5.74) is 6.90. The molecule has 3 heterocycles. The van der Waals surface area contributed by atoms with Gasteiger partial charge >= 0.3 is 0 Å². The van der Waals surface area contributed by atoms with E-state index < -0.39 is 0 Å². The molecule has 0 saturated heterocycles. The van der Waals surface area contributed by atoms with Gasteiger partial charge in [0, 0.05) is 30.3 Å². The first kappa shape index (κ1) is 22.4. The van der Waals surface area contributed by atoms with Crippen LogP contribution in [0, 0.1) is 0 Å². The number of hydrogen-bond acceptors (Lipinski definition) is 8. The van der Waals surface area contributed by atoms with Gasteiger partial charge in [0.25, 0.3) is 0 Å². The van der Waals surface area contributed by atoms with Crippen LogP contribution in [-0.4, -0.2) is 45.0 Å². The van der Waals surface area contributed by atoms with E-state index in [2.05, 4.69) is 26.8 Å². The van der Waals surface area contributed by atoms with Crippen molar-refractivity contribution in [2.24, 2.45) is 5.16 Å². The molecule has 2 aliphatic rings. The lowest BCUT2D eigenvalue weighted by molar-refractivity contribution is -0.114. The van der Waals surface area contributed by atoms with Crippen LogP contribution in [0.15, 0.2) is 47.8 Å². The van der Waals surface area contributed by atoms with E-state index in [1.807, 2.05) is 41.2 Å². The minimum atomic E-state index is -0.130. The zero-order valence-corrected chi connectivity index (χ0v) is 20.8. The third kappa shape index (κ3) is 4.35. The average Bonchev–Trinajstić information content (AvgIpc) is 3.46. The van der Waals surface area contributed by atoms with E-state index in [1.54, 1.807) is 6.21 Å². The summed E-state index contributed by atoms with van der Waals surface area (Å²) in [6, 6.07) is 12.6. The zero-order valence-electron chi connectivity index (χ0n) is 20.0. The van der Waals surface area contributed by atoms with Crippen LogP contribution in [0.1, 0.15) is 36.6 Å². The summed E-state index contributed by atoms with van der Waals surface area (Å²) in [5.74, 6) is 0.766. The lowest BCUT2D eigenvalue weighted by atomic mass is 9.95. The van der Waals surface area contributed by atoms with Gasteiger partial charge < -0.3 is 15.5 Å². The third-order valence-electron chi connectivity index (χ3n) is 6.20. The molecule has 9 nitrogen and oxygen atoms in total. The lowest BCUT2D eigenvalue weighted by Gasteiger charge is -2.14. The standard InChI is InChI=1S/C26H25N7O2S/c1-15(34)29-26-31-21-11-10-20-23(17-5-12-22(27-14-17)30-18-6-7-18)32-33(24(20)25(21)36-26)19-8-3-16(4-9-19)13-28-35-2/h3-5,8-9,12-14,18H,6-7,10-11H2,1-2H3,(H,27,30)(H,29,31,34). The number of aromatic nitrogens is 4. The van der Waals surface area contributed by atoms with Crippen molar-refractivity contribution in [2.45, 2.75) is 38.6 Å². The molecule has 0 radical (unpaired) electrons. The van der Waals surface area contributed by atoms with Gasteiger partial charge in [-0.15, -0.1) is 0 Å². The van der Waals surface area contributed by atoms with E-state index in [4.69, 9.17) is 14.9 Å². The van der Waals surface area contributed by atoms with Gasteiger partial charge in [-0.05, 0) is 55.5 Å². The molecule has 0 atom stereocenters. The normalized spacial score (nSPS) is 14.4. The Morgan fingerprint density at radius 1 is 1.19 bits per heavy atom. The maximum absolute atomic E-state index is 11.7. The number of thiazole rings is 1. The molecule has 4 aromatic rings. The predicted molar refractivity (Wildman–Crippen MR) is 141 cm³/mol. The highest BCUT2D eigenvalue weighted by Gasteiger charge is 2.30. The van der Waals surface area contributed by atoms with Crippen LogP contribution in [0.3, 0.4) is 0 Å². The first-order valence-electron chi connectivity index (χ1n) is 11.9. The summed E-state index contributed by atoms with van der Waals surface area (Å²) in [7, 11) is 1.52. The van der Waals surface area contributed by atoms with Crippen LogP contribution >= 0.6 is 11.3 Å². The van der Waals surface area contributed by atoms with Gasteiger partial charge in [0.15, 0.2) is 5.13 Å². The number of hydrogen-bond donors (Lipinski definition) is 2. The van der Waals surface area contributed by atoms with Crippen molar-refractivity contribution < 1.29 is 9.63 Å². The molecule has 1 saturated carbocycles. The Bertz CT molecular complexity index is 1450. The molecule has 2 N–H and O–H groups in total. The monoisotopic (exact) mass is 499 g/mol. The molecule has 0 bridgehead atoms. The molecule has 1 fully saturated rings. The molecule has 0 unspecified atom stereocenters. The number of fused-ring (bicyclic) bond motifs is 3. The molecule has 0 spiro atoms. The molecule has 1 aromatic carbocycles. The molecule has 3 aromatic heterocycles. The topological polar surface area (TPSA) is 106 Å². The smallest absolute Gasteiger partial charge is 0.223 e. The van der Waals surface area contributed by atoms with Gasteiger partial charge in [0.1, 0.15) is 12.9 Å². The summed E-state index contributed by atoms with van der Waals surface area (Å²) < 4.78 is 1.98. The SMILES string of the molecule is CON=Cc1ccc(-n2nc(-c3ccc(NC4CC4)nc3)c3c2-c2sc(NC(C)=O)nc2CC3)cc1. The Labute approximate surface area is 212 Å². The highest BCUT2D eigenvalue weighted by atomic mass is 32.1. The third-order valence-corrected chi connectivity index (χ3v) is 7.22. The van der Waals surface area contributed by atoms with Crippen LogP contribution in [0.5, 0.6) is 0 Å². The van der Waals surface area contributed by atoms with E-state index in [0.29, 0.717) is 11.2 Å². The Balaban J connectivity index is 1.45. The number of nitrogens with one attached hydrogen (secondary N) is 2. The number of oxime groups is 1. The molecule has 0 aliphatic heterocycles. The van der Waals surface area contributed by atoms with Gasteiger partial charge in [-0.25, -0.2) is 14.6 Å². The van der Waals surface area contributed by atoms with Crippen LogP contribution < -0.4 is 10.6 Å². The average molecular weight is 500 g/mol. The molecule has 1 amide bonds. The summed E-state index contributed by atoms with van der Waals surface area (Å²) in [6.07, 6.45) is 7.56. The second-order valence-electron chi connectivity index (χ2n) is 8.92. The van der Waals surface area contributed by atoms with Gasteiger partial charge in [-0.3, -0.25) is 4.79 Å². The van der Waals surface area contributed by atoms with Gasteiger partial charge in [0.2, 0.25) is 5.91 Å². The molecular formula is C26H25N7O2S. The second kappa shape index (κ2) is 9.19. The van der Waals surface area contributed by atoms with Crippen LogP contribution in [0.25, 0.3) is 27.5 Å². The largest absolute Gasteiger partial charge is 0.399 e. The summed E-state index contributed by atoms with van der Waals surface area (Å²) in [6.45, 7) is 1.50. The molecular weight excluding hydrogens is 474 g/mol. The number of anilines is 2. The van der Waals surface area contributed by atoms with E-state index >= 15 is 0 Å². The first-order valence-corrected chi connectivity index (χ1v) is 12.7. The van der Waals surface area contributed by atoms with Crippen LogP contribution in [-0.2, 0) is 22.5 Å². The summed E-state index contributed by atoms with van der Waals surface area (Å²) in [5, 5.41) is 15.8. The van der Waals surface area contributed by atoms with Crippen molar-refractivity contribution in [2.75, 3.05) is 17.7 Å². The zero-order chi connectivity index (χ0) is 24.6. The van der Waals surface area contributed by atoms with Crippen molar-refractivity contribution in [3.05, 3.63) is 59.4 Å². The van der Waals surface area contributed by atoms with Gasteiger partial charge in [-0.2, -0.15) is 5.10 Å². The Kier molecular flexibility index (Phi) is 5.73. The lowest BCUT2D eigenvalue weighted by Crippen LogP contribution is -2.07. The highest BCUT2D eigenvalue weighted by Crippen LogP contribution is 2.44. The molecule has 2 aliphatic carbocycles. The van der Waals surface area contributed by atoms with Crippen molar-refractivity contribution in [1.29, 1.82) is 0 Å². The number of rotatable bonds is 7. The van der Waals surface area contributed by atoms with Crippen molar-refractivity contribution >= 4 is 34.4 Å². The fraction of sp³-hybridized carbons (Fsp3) is 0.269. The number of amides is 1. The van der Waals surface area contributed by atoms with Gasteiger partial charge in [-0.1, -0.05) is 28.6 Å². The van der Waals surface area contributed by atoms with E-state index in [9.17, 15) is 4.79 Å². The summed E-state index contributed by atoms with van der Waals surface area (Å²) >= 11 is 1.49. The molecule has 36 heavy (non-hydrogen) atoms. The minimum absolute atomic E-state index is 0.130. The first-order chi connectivity index (χ1) is 17.6. The molecule has 182 valence electrons. The number of benzene rings is 1. The highest BCUT2D eigenvalue weighted by molar-refractivity contribution is 7.19. The fourth-order valence-corrected chi connectivity index (χ4v) is 5.48. The van der Waals surface area contributed by atoms with Crippen molar-refractivity contribution in [1.82, 2.24) is 19.7 Å². The number of pyridine rings is 1. The molecule has 6 rings (SSSR count). The second-order valence-corrected chi connectivity index (χ2v) is 9.92. The predicted octanol–water partition coefficient (Wildman–Crippen LogP) is 4.67.